The molecule has 2 aromatic carbocycles. The molecule has 3 aromatic rings. The second kappa shape index (κ2) is 10.7. The number of thioether (sulfide) groups is 1. The van der Waals surface area contributed by atoms with Crippen LogP contribution in [0.25, 0.3) is 0 Å². The summed E-state index contributed by atoms with van der Waals surface area (Å²) in [7, 11) is 0. The van der Waals surface area contributed by atoms with Gasteiger partial charge in [-0.2, -0.15) is 0 Å². The first-order valence-corrected chi connectivity index (χ1v) is 11.7. The first-order chi connectivity index (χ1) is 15.7. The molecule has 0 radical (unpaired) electrons. The smallest absolute Gasteiger partial charge is 0.234 e. The number of anilines is 1. The summed E-state index contributed by atoms with van der Waals surface area (Å²) in [5.74, 6) is 0.624. The van der Waals surface area contributed by atoms with E-state index in [-0.39, 0.29) is 28.9 Å². The summed E-state index contributed by atoms with van der Waals surface area (Å²) in [6, 6.07) is 14.1. The SMILES string of the molecule is C=CCn1c(SCC(=O)Nc2ccccc2F)nnc1C(C)Oc1ccc(C(C)(C)C)cc1. The molecule has 0 fully saturated rings. The molecule has 0 saturated heterocycles. The second-order valence-electron chi connectivity index (χ2n) is 8.59. The van der Waals surface area contributed by atoms with Crippen LogP contribution in [0.3, 0.4) is 0 Å². The second-order valence-corrected chi connectivity index (χ2v) is 9.53. The fraction of sp³-hybridized carbons (Fsp3) is 0.320. The highest BCUT2D eigenvalue weighted by Crippen LogP contribution is 2.28. The van der Waals surface area contributed by atoms with E-state index < -0.39 is 5.82 Å². The van der Waals surface area contributed by atoms with Crippen LogP contribution in [-0.2, 0) is 16.8 Å². The number of benzene rings is 2. The lowest BCUT2D eigenvalue weighted by molar-refractivity contribution is -0.113. The molecule has 0 bridgehead atoms. The molecule has 1 heterocycles. The molecule has 33 heavy (non-hydrogen) atoms. The van der Waals surface area contributed by atoms with Gasteiger partial charge in [0.05, 0.1) is 11.4 Å². The number of rotatable bonds is 9. The topological polar surface area (TPSA) is 69.0 Å². The van der Waals surface area contributed by atoms with Gasteiger partial charge in [-0.1, -0.05) is 62.9 Å². The van der Waals surface area contributed by atoms with E-state index in [1.165, 1.54) is 29.5 Å². The minimum Gasteiger partial charge on any atom is -0.483 e. The highest BCUT2D eigenvalue weighted by atomic mass is 32.2. The maximum absolute atomic E-state index is 13.8. The third-order valence-electron chi connectivity index (χ3n) is 4.93. The Bertz CT molecular complexity index is 1110. The van der Waals surface area contributed by atoms with Gasteiger partial charge in [0.1, 0.15) is 11.6 Å². The number of carbonyl (C=O) groups is 1. The summed E-state index contributed by atoms with van der Waals surface area (Å²) in [5, 5.41) is 11.7. The van der Waals surface area contributed by atoms with Gasteiger partial charge in [-0.05, 0) is 42.2 Å². The van der Waals surface area contributed by atoms with Crippen LogP contribution in [0.2, 0.25) is 0 Å². The minimum absolute atomic E-state index is 0.0626. The molecule has 1 unspecified atom stereocenters. The Labute approximate surface area is 198 Å². The maximum Gasteiger partial charge on any atom is 0.234 e. The number of nitrogens with one attached hydrogen (secondary N) is 1. The van der Waals surface area contributed by atoms with Crippen LogP contribution in [0.4, 0.5) is 10.1 Å². The Balaban J connectivity index is 1.67. The van der Waals surface area contributed by atoms with Crippen molar-refractivity contribution >= 4 is 23.4 Å². The van der Waals surface area contributed by atoms with Gasteiger partial charge in [0.25, 0.3) is 0 Å². The molecule has 3 rings (SSSR count). The molecular weight excluding hydrogens is 439 g/mol. The summed E-state index contributed by atoms with van der Waals surface area (Å²) in [6.07, 6.45) is 1.38. The van der Waals surface area contributed by atoms with Gasteiger partial charge < -0.3 is 10.1 Å². The van der Waals surface area contributed by atoms with E-state index in [1.807, 2.05) is 23.6 Å². The number of hydrogen-bond acceptors (Lipinski definition) is 5. The molecule has 0 spiro atoms. The number of aromatic nitrogens is 3. The number of allylic oxidation sites excluding steroid dienone is 1. The number of carbonyl (C=O) groups excluding carboxylic acids is 1. The summed E-state index contributed by atoms with van der Waals surface area (Å²) >= 11 is 1.22. The molecule has 0 aliphatic heterocycles. The Morgan fingerprint density at radius 2 is 1.91 bits per heavy atom. The average Bonchev–Trinajstić information content (AvgIpc) is 3.17. The molecule has 1 amide bonds. The molecule has 6 nitrogen and oxygen atoms in total. The van der Waals surface area contributed by atoms with Crippen molar-refractivity contribution in [2.24, 2.45) is 0 Å². The monoisotopic (exact) mass is 468 g/mol. The van der Waals surface area contributed by atoms with Crippen LogP contribution in [0.15, 0.2) is 66.3 Å². The first kappa shape index (κ1) is 24.5. The lowest BCUT2D eigenvalue weighted by Gasteiger charge is -2.20. The van der Waals surface area contributed by atoms with Crippen molar-refractivity contribution in [2.45, 2.75) is 50.9 Å². The van der Waals surface area contributed by atoms with Crippen LogP contribution >= 0.6 is 11.8 Å². The van der Waals surface area contributed by atoms with Gasteiger partial charge in [0.2, 0.25) is 5.91 Å². The van der Waals surface area contributed by atoms with Gasteiger partial charge >= 0.3 is 0 Å². The van der Waals surface area contributed by atoms with E-state index in [4.69, 9.17) is 4.74 Å². The average molecular weight is 469 g/mol. The molecule has 0 aliphatic rings. The summed E-state index contributed by atoms with van der Waals surface area (Å²) < 4.78 is 21.7. The first-order valence-electron chi connectivity index (χ1n) is 10.7. The van der Waals surface area contributed by atoms with Crippen molar-refractivity contribution in [2.75, 3.05) is 11.1 Å². The van der Waals surface area contributed by atoms with E-state index in [0.717, 1.165) is 5.75 Å². The Morgan fingerprint density at radius 1 is 1.21 bits per heavy atom. The molecule has 1 aromatic heterocycles. The fourth-order valence-corrected chi connectivity index (χ4v) is 3.93. The zero-order valence-electron chi connectivity index (χ0n) is 19.3. The molecule has 8 heteroatoms. The standard InChI is InChI=1S/C25H29FN4O2S/c1-6-15-30-23(17(2)32-19-13-11-18(12-14-19)25(3,4)5)28-29-24(30)33-16-22(31)27-21-10-8-7-9-20(21)26/h6-14,17H,1,15-16H2,2-5H3,(H,27,31). The summed E-state index contributed by atoms with van der Waals surface area (Å²) in [4.78, 5) is 12.3. The van der Waals surface area contributed by atoms with Gasteiger partial charge in [0, 0.05) is 6.54 Å². The molecule has 1 N–H and O–H groups in total. The number of amides is 1. The zero-order chi connectivity index (χ0) is 24.0. The lowest BCUT2D eigenvalue weighted by Crippen LogP contribution is -2.16. The predicted molar refractivity (Wildman–Crippen MR) is 130 cm³/mol. The molecule has 1 atom stereocenters. The van der Waals surface area contributed by atoms with Gasteiger partial charge in [-0.25, -0.2) is 4.39 Å². The van der Waals surface area contributed by atoms with Crippen LogP contribution in [0.1, 0.15) is 45.2 Å². The molecule has 0 saturated carbocycles. The van der Waals surface area contributed by atoms with Crippen molar-refractivity contribution in [1.29, 1.82) is 0 Å². The molecule has 174 valence electrons. The Hall–Kier alpha value is -3.13. The highest BCUT2D eigenvalue weighted by molar-refractivity contribution is 7.99. The van der Waals surface area contributed by atoms with Crippen LogP contribution in [-0.4, -0.2) is 26.4 Å². The van der Waals surface area contributed by atoms with Gasteiger partial charge in [-0.3, -0.25) is 9.36 Å². The quantitative estimate of drug-likeness (QED) is 0.319. The van der Waals surface area contributed by atoms with E-state index in [2.05, 4.69) is 55.0 Å². The zero-order valence-corrected chi connectivity index (χ0v) is 20.2. The van der Waals surface area contributed by atoms with Gasteiger partial charge in [-0.15, -0.1) is 16.8 Å². The molecular formula is C25H29FN4O2S. The number of halogens is 1. The Morgan fingerprint density at radius 3 is 2.55 bits per heavy atom. The molecule has 0 aliphatic carbocycles. The number of ether oxygens (including phenoxy) is 1. The van der Waals surface area contributed by atoms with E-state index in [9.17, 15) is 9.18 Å². The maximum atomic E-state index is 13.8. The fourth-order valence-electron chi connectivity index (χ4n) is 3.18. The lowest BCUT2D eigenvalue weighted by atomic mass is 9.87. The van der Waals surface area contributed by atoms with E-state index >= 15 is 0 Å². The van der Waals surface area contributed by atoms with Crippen molar-refractivity contribution in [3.8, 4) is 5.75 Å². The van der Waals surface area contributed by atoms with Gasteiger partial charge in [0.15, 0.2) is 17.1 Å². The summed E-state index contributed by atoms with van der Waals surface area (Å²) in [5.41, 5.74) is 1.44. The normalized spacial score (nSPS) is 12.3. The number of para-hydroxylation sites is 1. The Kier molecular flexibility index (Phi) is 7.92. The summed E-state index contributed by atoms with van der Waals surface area (Å²) in [6.45, 7) is 12.7. The van der Waals surface area contributed by atoms with Crippen molar-refractivity contribution in [3.05, 3.63) is 78.4 Å². The van der Waals surface area contributed by atoms with Crippen LogP contribution < -0.4 is 10.1 Å². The van der Waals surface area contributed by atoms with Crippen molar-refractivity contribution in [3.63, 3.8) is 0 Å². The minimum atomic E-state index is -0.477. The highest BCUT2D eigenvalue weighted by Gasteiger charge is 2.20. The van der Waals surface area contributed by atoms with E-state index in [0.29, 0.717) is 17.5 Å². The predicted octanol–water partition coefficient (Wildman–Crippen LogP) is 5.77. The third kappa shape index (κ3) is 6.44. The van der Waals surface area contributed by atoms with E-state index in [1.54, 1.807) is 18.2 Å². The van der Waals surface area contributed by atoms with Crippen LogP contribution in [0, 0.1) is 5.82 Å². The van der Waals surface area contributed by atoms with Crippen LogP contribution in [0.5, 0.6) is 5.75 Å². The third-order valence-corrected chi connectivity index (χ3v) is 5.90. The van der Waals surface area contributed by atoms with Crippen molar-refractivity contribution in [1.82, 2.24) is 14.8 Å². The number of hydrogen-bond donors (Lipinski definition) is 1. The number of nitrogens with zero attached hydrogens (tertiary/aromatic N) is 3. The van der Waals surface area contributed by atoms with Crippen molar-refractivity contribution < 1.29 is 13.9 Å². The largest absolute Gasteiger partial charge is 0.483 e.